The average molecular weight is 424 g/mol. The molecule has 3 heterocycles. The molecule has 0 saturated carbocycles. The first-order valence-electron chi connectivity index (χ1n) is 10.5. The Balaban J connectivity index is 1.61. The molecular weight excluding hydrogens is 398 g/mol. The van der Waals surface area contributed by atoms with Gasteiger partial charge in [-0.25, -0.2) is 4.79 Å². The predicted octanol–water partition coefficient (Wildman–Crippen LogP) is 4.58. The van der Waals surface area contributed by atoms with Crippen LogP contribution in [-0.4, -0.2) is 19.1 Å². The number of hydrogen-bond donors (Lipinski definition) is 2. The fourth-order valence-corrected chi connectivity index (χ4v) is 4.01. The number of rotatable bonds is 4. The Bertz CT molecular complexity index is 1480. The van der Waals surface area contributed by atoms with Crippen LogP contribution in [0.3, 0.4) is 0 Å². The summed E-state index contributed by atoms with van der Waals surface area (Å²) < 4.78 is 3.27. The Morgan fingerprint density at radius 1 is 0.969 bits per heavy atom. The normalized spacial score (nSPS) is 11.9. The van der Waals surface area contributed by atoms with E-state index in [4.69, 9.17) is 5.73 Å². The van der Waals surface area contributed by atoms with E-state index in [1.165, 1.54) is 0 Å². The summed E-state index contributed by atoms with van der Waals surface area (Å²) in [6, 6.07) is 20.2. The largest absolute Gasteiger partial charge is 0.361 e. The maximum absolute atomic E-state index is 13.0. The van der Waals surface area contributed by atoms with E-state index >= 15 is 0 Å². The Morgan fingerprint density at radius 2 is 1.72 bits per heavy atom. The number of aromatic amines is 1. The minimum absolute atomic E-state index is 0.124. The number of H-pyrrole nitrogens is 1. The van der Waals surface area contributed by atoms with Crippen LogP contribution in [0.4, 0.5) is 0 Å². The molecule has 3 aromatic heterocycles. The molecule has 0 fully saturated rings. The number of nitrogens with one attached hydrogen (secondary N) is 1. The van der Waals surface area contributed by atoms with Crippen LogP contribution in [0.5, 0.6) is 0 Å². The van der Waals surface area contributed by atoms with Gasteiger partial charge in [0.1, 0.15) is 0 Å². The second-order valence-electron chi connectivity index (χ2n) is 8.72. The van der Waals surface area contributed by atoms with Gasteiger partial charge in [-0.2, -0.15) is 0 Å². The molecule has 0 unspecified atom stereocenters. The van der Waals surface area contributed by atoms with Crippen LogP contribution in [0.25, 0.3) is 39.1 Å². The zero-order valence-electron chi connectivity index (χ0n) is 18.3. The third-order valence-corrected chi connectivity index (χ3v) is 5.83. The molecule has 0 radical (unpaired) electrons. The SMILES string of the molecule is Cn1cc(-c2cc(-c3ccc4[nH]ccc4c3)ccn2)n(-c2ccc(C(C)(C)N)cc2)c1=O. The highest BCUT2D eigenvalue weighted by Crippen LogP contribution is 2.28. The smallest absolute Gasteiger partial charge is 0.333 e. The van der Waals surface area contributed by atoms with E-state index < -0.39 is 5.54 Å². The van der Waals surface area contributed by atoms with Crippen molar-refractivity contribution in [3.63, 3.8) is 0 Å². The van der Waals surface area contributed by atoms with Gasteiger partial charge >= 0.3 is 5.69 Å². The maximum atomic E-state index is 13.0. The van der Waals surface area contributed by atoms with Gasteiger partial charge in [-0.3, -0.25) is 9.55 Å². The summed E-state index contributed by atoms with van der Waals surface area (Å²) in [5.41, 5.74) is 12.1. The standard InChI is InChI=1S/C26H25N5O/c1-26(2,27)20-5-7-21(8-6-20)31-24(16-30(3)25(31)32)23-15-18(10-12-29-23)17-4-9-22-19(14-17)11-13-28-22/h4-16,28H,27H2,1-3H3. The van der Waals surface area contributed by atoms with E-state index in [9.17, 15) is 4.79 Å². The van der Waals surface area contributed by atoms with Gasteiger partial charge in [0.2, 0.25) is 0 Å². The first kappa shape index (κ1) is 20.0. The molecule has 6 nitrogen and oxygen atoms in total. The van der Waals surface area contributed by atoms with Crippen LogP contribution in [0.15, 0.2) is 84.0 Å². The molecule has 5 rings (SSSR count). The lowest BCUT2D eigenvalue weighted by molar-refractivity contribution is 0.554. The topological polar surface area (TPSA) is 81.6 Å². The van der Waals surface area contributed by atoms with E-state index in [0.717, 1.165) is 44.7 Å². The molecule has 0 aliphatic carbocycles. The number of nitrogens with two attached hydrogens (primary N) is 1. The third kappa shape index (κ3) is 3.44. The van der Waals surface area contributed by atoms with Crippen LogP contribution in [0.1, 0.15) is 19.4 Å². The zero-order valence-corrected chi connectivity index (χ0v) is 18.3. The van der Waals surface area contributed by atoms with E-state index in [1.807, 2.05) is 62.6 Å². The van der Waals surface area contributed by atoms with Gasteiger partial charge in [0.25, 0.3) is 0 Å². The van der Waals surface area contributed by atoms with Gasteiger partial charge in [0, 0.05) is 36.7 Å². The van der Waals surface area contributed by atoms with E-state index in [0.29, 0.717) is 0 Å². The predicted molar refractivity (Wildman–Crippen MR) is 129 cm³/mol. The highest BCUT2D eigenvalue weighted by atomic mass is 16.1. The van der Waals surface area contributed by atoms with Gasteiger partial charge < -0.3 is 15.3 Å². The fraction of sp³-hybridized carbons (Fsp3) is 0.154. The number of imidazole rings is 1. The van der Waals surface area contributed by atoms with Crippen LogP contribution in [0.2, 0.25) is 0 Å². The molecule has 0 amide bonds. The summed E-state index contributed by atoms with van der Waals surface area (Å²) in [5.74, 6) is 0. The third-order valence-electron chi connectivity index (χ3n) is 5.83. The number of hydrogen-bond acceptors (Lipinski definition) is 3. The Labute approximate surface area is 186 Å². The molecule has 0 spiro atoms. The molecule has 3 N–H and O–H groups in total. The summed E-state index contributed by atoms with van der Waals surface area (Å²) in [5, 5.41) is 1.15. The van der Waals surface area contributed by atoms with Crippen molar-refractivity contribution in [2.24, 2.45) is 12.8 Å². The Kier molecular flexibility index (Phi) is 4.60. The molecule has 0 bridgehead atoms. The van der Waals surface area contributed by atoms with Gasteiger partial charge in [-0.05, 0) is 78.4 Å². The van der Waals surface area contributed by atoms with Crippen molar-refractivity contribution in [3.8, 4) is 28.2 Å². The number of fused-ring (bicyclic) bond motifs is 1. The van der Waals surface area contributed by atoms with Crippen molar-refractivity contribution >= 4 is 10.9 Å². The number of pyridine rings is 1. The molecule has 0 atom stereocenters. The minimum Gasteiger partial charge on any atom is -0.361 e. The number of aromatic nitrogens is 4. The molecular formula is C26H25N5O. The van der Waals surface area contributed by atoms with Crippen LogP contribution in [0, 0.1) is 0 Å². The monoisotopic (exact) mass is 423 g/mol. The first-order chi connectivity index (χ1) is 15.3. The fourth-order valence-electron chi connectivity index (χ4n) is 4.01. The lowest BCUT2D eigenvalue weighted by atomic mass is 9.95. The molecule has 5 aromatic rings. The molecule has 6 heteroatoms. The molecule has 2 aromatic carbocycles. The second kappa shape index (κ2) is 7.35. The lowest BCUT2D eigenvalue weighted by Crippen LogP contribution is -2.28. The zero-order chi connectivity index (χ0) is 22.5. The molecule has 32 heavy (non-hydrogen) atoms. The molecule has 160 valence electrons. The highest BCUT2D eigenvalue weighted by Gasteiger charge is 2.17. The van der Waals surface area contributed by atoms with Crippen LogP contribution < -0.4 is 11.4 Å². The van der Waals surface area contributed by atoms with Crippen molar-refractivity contribution in [2.75, 3.05) is 0 Å². The summed E-state index contributed by atoms with van der Waals surface area (Å²) in [4.78, 5) is 20.8. The maximum Gasteiger partial charge on any atom is 0.333 e. The van der Waals surface area contributed by atoms with Gasteiger partial charge in [0.15, 0.2) is 0 Å². The van der Waals surface area contributed by atoms with Gasteiger partial charge in [0.05, 0.1) is 17.1 Å². The number of nitrogens with zero attached hydrogens (tertiary/aromatic N) is 3. The molecule has 0 aliphatic heterocycles. The molecule has 0 aliphatic rings. The average Bonchev–Trinajstić information content (AvgIpc) is 3.37. The van der Waals surface area contributed by atoms with Gasteiger partial charge in [-0.1, -0.05) is 18.2 Å². The van der Waals surface area contributed by atoms with E-state index in [-0.39, 0.29) is 5.69 Å². The van der Waals surface area contributed by atoms with E-state index in [2.05, 4.69) is 34.2 Å². The van der Waals surface area contributed by atoms with Crippen molar-refractivity contribution < 1.29 is 0 Å². The van der Waals surface area contributed by atoms with Crippen LogP contribution >= 0.6 is 0 Å². The second-order valence-corrected chi connectivity index (χ2v) is 8.72. The Hall–Kier alpha value is -3.90. The quantitative estimate of drug-likeness (QED) is 0.444. The summed E-state index contributed by atoms with van der Waals surface area (Å²) in [6.45, 7) is 3.92. The van der Waals surface area contributed by atoms with Crippen LogP contribution in [-0.2, 0) is 12.6 Å². The van der Waals surface area contributed by atoms with Crippen molar-refractivity contribution in [1.82, 2.24) is 19.1 Å². The summed E-state index contributed by atoms with van der Waals surface area (Å²) in [7, 11) is 1.75. The van der Waals surface area contributed by atoms with Crippen molar-refractivity contribution in [2.45, 2.75) is 19.4 Å². The number of aryl methyl sites for hydroxylation is 1. The number of benzene rings is 2. The van der Waals surface area contributed by atoms with Gasteiger partial charge in [-0.15, -0.1) is 0 Å². The summed E-state index contributed by atoms with van der Waals surface area (Å²) in [6.07, 6.45) is 5.55. The molecule has 0 saturated heterocycles. The highest BCUT2D eigenvalue weighted by molar-refractivity contribution is 5.85. The van der Waals surface area contributed by atoms with Crippen molar-refractivity contribution in [1.29, 1.82) is 0 Å². The summed E-state index contributed by atoms with van der Waals surface area (Å²) >= 11 is 0. The van der Waals surface area contributed by atoms with Crippen molar-refractivity contribution in [3.05, 3.63) is 95.3 Å². The first-order valence-corrected chi connectivity index (χ1v) is 10.5. The lowest BCUT2D eigenvalue weighted by Gasteiger charge is -2.19. The van der Waals surface area contributed by atoms with E-state index in [1.54, 1.807) is 22.4 Å². The Morgan fingerprint density at radius 3 is 2.47 bits per heavy atom. The minimum atomic E-state index is -0.445.